The third kappa shape index (κ3) is 7.77. The SMILES string of the molecule is O=C(CCCNC(=O)OCc1ccccc1)Nc1ccc(C(=O)NC2CCCC2)cc1. The first-order chi connectivity index (χ1) is 15.1. The molecule has 31 heavy (non-hydrogen) atoms. The second-order valence-corrected chi connectivity index (χ2v) is 7.67. The number of carbonyl (C=O) groups is 3. The maximum atomic E-state index is 12.2. The lowest BCUT2D eigenvalue weighted by molar-refractivity contribution is -0.116. The Bertz CT molecular complexity index is 862. The van der Waals surface area contributed by atoms with E-state index in [1.165, 1.54) is 12.8 Å². The van der Waals surface area contributed by atoms with Gasteiger partial charge in [-0.3, -0.25) is 9.59 Å². The fraction of sp³-hybridized carbons (Fsp3) is 0.375. The molecule has 164 valence electrons. The summed E-state index contributed by atoms with van der Waals surface area (Å²) >= 11 is 0. The van der Waals surface area contributed by atoms with Crippen LogP contribution in [0.3, 0.4) is 0 Å². The number of nitrogens with one attached hydrogen (secondary N) is 3. The molecule has 1 aliphatic carbocycles. The summed E-state index contributed by atoms with van der Waals surface area (Å²) in [7, 11) is 0. The fourth-order valence-corrected chi connectivity index (χ4v) is 3.48. The number of hydrogen-bond acceptors (Lipinski definition) is 4. The van der Waals surface area contributed by atoms with E-state index in [0.717, 1.165) is 18.4 Å². The number of benzene rings is 2. The summed E-state index contributed by atoms with van der Waals surface area (Å²) in [4.78, 5) is 36.0. The Morgan fingerprint density at radius 3 is 2.35 bits per heavy atom. The molecule has 1 fully saturated rings. The summed E-state index contributed by atoms with van der Waals surface area (Å²) in [5.41, 5.74) is 2.14. The van der Waals surface area contributed by atoms with Crippen LogP contribution in [0.15, 0.2) is 54.6 Å². The summed E-state index contributed by atoms with van der Waals surface area (Å²) < 4.78 is 5.12. The minimum absolute atomic E-state index is 0.0741. The lowest BCUT2D eigenvalue weighted by atomic mass is 10.1. The van der Waals surface area contributed by atoms with Gasteiger partial charge < -0.3 is 20.7 Å². The molecule has 2 aromatic rings. The van der Waals surface area contributed by atoms with Crippen molar-refractivity contribution in [3.05, 3.63) is 65.7 Å². The lowest BCUT2D eigenvalue weighted by Gasteiger charge is -2.12. The van der Waals surface area contributed by atoms with Crippen molar-refractivity contribution in [1.29, 1.82) is 0 Å². The molecule has 0 atom stereocenters. The minimum Gasteiger partial charge on any atom is -0.445 e. The van der Waals surface area contributed by atoms with Crippen LogP contribution in [0.25, 0.3) is 0 Å². The smallest absolute Gasteiger partial charge is 0.407 e. The van der Waals surface area contributed by atoms with Gasteiger partial charge in [0, 0.05) is 30.3 Å². The highest BCUT2D eigenvalue weighted by atomic mass is 16.5. The van der Waals surface area contributed by atoms with E-state index in [9.17, 15) is 14.4 Å². The third-order valence-corrected chi connectivity index (χ3v) is 5.18. The number of amides is 3. The summed E-state index contributed by atoms with van der Waals surface area (Å²) in [5.74, 6) is -0.224. The highest BCUT2D eigenvalue weighted by Gasteiger charge is 2.17. The van der Waals surface area contributed by atoms with Crippen molar-refractivity contribution in [3.63, 3.8) is 0 Å². The molecule has 0 saturated heterocycles. The van der Waals surface area contributed by atoms with E-state index < -0.39 is 6.09 Å². The van der Waals surface area contributed by atoms with Crippen LogP contribution in [0, 0.1) is 0 Å². The van der Waals surface area contributed by atoms with Gasteiger partial charge in [-0.05, 0) is 49.1 Å². The van der Waals surface area contributed by atoms with Gasteiger partial charge in [0.25, 0.3) is 5.91 Å². The second kappa shape index (κ2) is 11.7. The monoisotopic (exact) mass is 423 g/mol. The molecular weight excluding hydrogens is 394 g/mol. The molecule has 3 amide bonds. The van der Waals surface area contributed by atoms with E-state index >= 15 is 0 Å². The average molecular weight is 424 g/mol. The van der Waals surface area contributed by atoms with Crippen LogP contribution in [-0.2, 0) is 16.1 Å². The number of ether oxygens (including phenoxy) is 1. The predicted octanol–water partition coefficient (Wildman–Crippen LogP) is 4.00. The molecule has 1 saturated carbocycles. The Hall–Kier alpha value is -3.35. The molecule has 7 heteroatoms. The van der Waals surface area contributed by atoms with Crippen molar-refractivity contribution in [2.75, 3.05) is 11.9 Å². The van der Waals surface area contributed by atoms with Crippen LogP contribution in [-0.4, -0.2) is 30.5 Å². The maximum Gasteiger partial charge on any atom is 0.407 e. The van der Waals surface area contributed by atoms with Gasteiger partial charge in [0.15, 0.2) is 0 Å². The largest absolute Gasteiger partial charge is 0.445 e. The van der Waals surface area contributed by atoms with Crippen LogP contribution in [0.4, 0.5) is 10.5 Å². The molecule has 0 spiro atoms. The van der Waals surface area contributed by atoms with Gasteiger partial charge in [0.1, 0.15) is 6.61 Å². The number of hydrogen-bond donors (Lipinski definition) is 3. The van der Waals surface area contributed by atoms with Crippen molar-refractivity contribution >= 4 is 23.6 Å². The zero-order valence-corrected chi connectivity index (χ0v) is 17.6. The van der Waals surface area contributed by atoms with Crippen molar-refractivity contribution in [2.24, 2.45) is 0 Å². The van der Waals surface area contributed by atoms with E-state index in [1.807, 2.05) is 30.3 Å². The molecule has 0 heterocycles. The molecular formula is C24H29N3O4. The highest BCUT2D eigenvalue weighted by Crippen LogP contribution is 2.18. The van der Waals surface area contributed by atoms with Gasteiger partial charge in [-0.1, -0.05) is 43.2 Å². The zero-order chi connectivity index (χ0) is 21.9. The maximum absolute atomic E-state index is 12.2. The Morgan fingerprint density at radius 2 is 1.65 bits per heavy atom. The molecule has 3 rings (SSSR count). The van der Waals surface area contributed by atoms with Gasteiger partial charge in [-0.25, -0.2) is 4.79 Å². The summed E-state index contributed by atoms with van der Waals surface area (Å²) in [6.07, 6.45) is 4.67. The quantitative estimate of drug-likeness (QED) is 0.531. The number of rotatable bonds is 9. The van der Waals surface area contributed by atoms with Gasteiger partial charge >= 0.3 is 6.09 Å². The van der Waals surface area contributed by atoms with Crippen molar-refractivity contribution in [1.82, 2.24) is 10.6 Å². The van der Waals surface area contributed by atoms with Crippen LogP contribution in [0.2, 0.25) is 0 Å². The predicted molar refractivity (Wildman–Crippen MR) is 119 cm³/mol. The summed E-state index contributed by atoms with van der Waals surface area (Å²) in [6, 6.07) is 16.6. The molecule has 7 nitrogen and oxygen atoms in total. The Kier molecular flexibility index (Phi) is 8.46. The van der Waals surface area contributed by atoms with Crippen molar-refractivity contribution in [3.8, 4) is 0 Å². The summed E-state index contributed by atoms with van der Waals surface area (Å²) in [5, 5.41) is 8.48. The Morgan fingerprint density at radius 1 is 0.935 bits per heavy atom. The molecule has 0 radical (unpaired) electrons. The number of alkyl carbamates (subject to hydrolysis) is 1. The standard InChI is InChI=1S/C24H29N3O4/c28-22(11-6-16-25-24(30)31-17-18-7-2-1-3-8-18)26-21-14-12-19(13-15-21)23(29)27-20-9-4-5-10-20/h1-3,7-8,12-15,20H,4-6,9-11,16-17H2,(H,25,30)(H,26,28)(H,27,29). The van der Waals surface area contributed by atoms with Crippen molar-refractivity contribution in [2.45, 2.75) is 51.2 Å². The van der Waals surface area contributed by atoms with Crippen LogP contribution < -0.4 is 16.0 Å². The number of anilines is 1. The molecule has 0 unspecified atom stereocenters. The van der Waals surface area contributed by atoms with Crippen LogP contribution in [0.5, 0.6) is 0 Å². The van der Waals surface area contributed by atoms with Gasteiger partial charge in [-0.2, -0.15) is 0 Å². The van der Waals surface area contributed by atoms with E-state index in [2.05, 4.69) is 16.0 Å². The van der Waals surface area contributed by atoms with Crippen molar-refractivity contribution < 1.29 is 19.1 Å². The van der Waals surface area contributed by atoms with Crippen LogP contribution >= 0.6 is 0 Å². The van der Waals surface area contributed by atoms with Gasteiger partial charge in [0.2, 0.25) is 5.91 Å². The topological polar surface area (TPSA) is 96.5 Å². The first-order valence-electron chi connectivity index (χ1n) is 10.8. The number of carbonyl (C=O) groups excluding carboxylic acids is 3. The first kappa shape index (κ1) is 22.3. The normalized spacial score (nSPS) is 13.4. The van der Waals surface area contributed by atoms with Crippen LogP contribution in [0.1, 0.15) is 54.4 Å². The first-order valence-corrected chi connectivity index (χ1v) is 10.8. The molecule has 0 aliphatic heterocycles. The molecule has 0 aromatic heterocycles. The summed E-state index contributed by atoms with van der Waals surface area (Å²) in [6.45, 7) is 0.559. The Balaban J connectivity index is 1.30. The fourth-order valence-electron chi connectivity index (χ4n) is 3.48. The Labute approximate surface area is 182 Å². The van der Waals surface area contributed by atoms with E-state index in [1.54, 1.807) is 24.3 Å². The van der Waals surface area contributed by atoms with Gasteiger partial charge in [-0.15, -0.1) is 0 Å². The van der Waals surface area contributed by atoms with E-state index in [0.29, 0.717) is 24.2 Å². The molecule has 1 aliphatic rings. The lowest BCUT2D eigenvalue weighted by Crippen LogP contribution is -2.32. The van der Waals surface area contributed by atoms with Gasteiger partial charge in [0.05, 0.1) is 0 Å². The second-order valence-electron chi connectivity index (χ2n) is 7.67. The molecule has 2 aromatic carbocycles. The minimum atomic E-state index is -0.504. The van der Waals surface area contributed by atoms with E-state index in [4.69, 9.17) is 4.74 Å². The molecule has 3 N–H and O–H groups in total. The van der Waals surface area contributed by atoms with E-state index in [-0.39, 0.29) is 30.9 Å². The molecule has 0 bridgehead atoms. The zero-order valence-electron chi connectivity index (χ0n) is 17.6. The average Bonchev–Trinajstić information content (AvgIpc) is 3.29. The third-order valence-electron chi connectivity index (χ3n) is 5.18. The highest BCUT2D eigenvalue weighted by molar-refractivity contribution is 5.96.